The first kappa shape index (κ1) is 16.8. The van der Waals surface area contributed by atoms with E-state index in [4.69, 9.17) is 9.84 Å². The fraction of sp³-hybridized carbons (Fsp3) is 0.467. The van der Waals surface area contributed by atoms with Crippen LogP contribution in [-0.2, 0) is 11.2 Å². The number of carbonyl (C=O) groups excluding carboxylic acids is 1. The average Bonchev–Trinajstić information content (AvgIpc) is 2.46. The molecule has 0 spiro atoms. The van der Waals surface area contributed by atoms with Crippen LogP contribution in [0.2, 0.25) is 0 Å². The van der Waals surface area contributed by atoms with Gasteiger partial charge in [-0.2, -0.15) is 0 Å². The predicted molar refractivity (Wildman–Crippen MR) is 79.6 cm³/mol. The number of para-hydroxylation sites is 1. The first-order valence-electron chi connectivity index (χ1n) is 6.74. The van der Waals surface area contributed by atoms with Crippen molar-refractivity contribution in [3.63, 3.8) is 0 Å². The topological polar surface area (TPSA) is 78.9 Å². The maximum atomic E-state index is 12.0. The lowest BCUT2D eigenvalue weighted by molar-refractivity contribution is -0.138. The van der Waals surface area contributed by atoms with E-state index in [0.29, 0.717) is 6.42 Å². The van der Waals surface area contributed by atoms with Crippen molar-refractivity contribution in [2.24, 2.45) is 0 Å². The zero-order valence-corrected chi connectivity index (χ0v) is 12.8. The van der Waals surface area contributed by atoms with Crippen LogP contribution in [0, 0.1) is 0 Å². The number of urea groups is 1. The Balaban J connectivity index is 2.68. The van der Waals surface area contributed by atoms with E-state index in [1.807, 2.05) is 31.2 Å². The number of hydrogen-bond donors (Lipinski definition) is 2. The van der Waals surface area contributed by atoms with Crippen LogP contribution in [0.25, 0.3) is 0 Å². The molecule has 0 saturated carbocycles. The van der Waals surface area contributed by atoms with E-state index >= 15 is 0 Å². The molecule has 0 aliphatic carbocycles. The number of carboxylic acids is 1. The van der Waals surface area contributed by atoms with E-state index in [9.17, 15) is 9.59 Å². The fourth-order valence-corrected chi connectivity index (χ4v) is 1.88. The number of amides is 2. The molecule has 0 bridgehead atoms. The zero-order valence-electron chi connectivity index (χ0n) is 12.8. The van der Waals surface area contributed by atoms with E-state index in [1.165, 1.54) is 11.8 Å². The fourth-order valence-electron chi connectivity index (χ4n) is 1.88. The molecular formula is C15H22N2O4. The molecule has 0 fully saturated rings. The third-order valence-electron chi connectivity index (χ3n) is 3.40. The SMILES string of the molecule is COc1ccccc1CC(C)N(C)C(=O)N[C@H](C)C(=O)O. The summed E-state index contributed by atoms with van der Waals surface area (Å²) in [7, 11) is 3.25. The highest BCUT2D eigenvalue weighted by Crippen LogP contribution is 2.20. The monoisotopic (exact) mass is 294 g/mol. The number of nitrogens with one attached hydrogen (secondary N) is 1. The van der Waals surface area contributed by atoms with E-state index in [2.05, 4.69) is 5.32 Å². The second-order valence-corrected chi connectivity index (χ2v) is 4.99. The van der Waals surface area contributed by atoms with Crippen molar-refractivity contribution in [2.45, 2.75) is 32.4 Å². The number of benzene rings is 1. The molecule has 0 radical (unpaired) electrons. The Kier molecular flexibility index (Phi) is 6.02. The van der Waals surface area contributed by atoms with Crippen LogP contribution in [0.3, 0.4) is 0 Å². The summed E-state index contributed by atoms with van der Waals surface area (Å²) in [5.41, 5.74) is 0.999. The van der Waals surface area contributed by atoms with Crippen molar-refractivity contribution in [3.05, 3.63) is 29.8 Å². The molecule has 2 atom stereocenters. The maximum Gasteiger partial charge on any atom is 0.325 e. The Morgan fingerprint density at radius 3 is 2.52 bits per heavy atom. The smallest absolute Gasteiger partial charge is 0.325 e. The minimum absolute atomic E-state index is 0.0951. The lowest BCUT2D eigenvalue weighted by Crippen LogP contribution is -2.48. The lowest BCUT2D eigenvalue weighted by atomic mass is 10.1. The molecule has 0 aliphatic heterocycles. The summed E-state index contributed by atoms with van der Waals surface area (Å²) in [5.74, 6) is -0.286. The molecule has 1 aromatic rings. The van der Waals surface area contributed by atoms with Crippen LogP contribution < -0.4 is 10.1 Å². The highest BCUT2D eigenvalue weighted by molar-refractivity contribution is 5.82. The summed E-state index contributed by atoms with van der Waals surface area (Å²) in [6, 6.07) is 6.19. The molecule has 1 rings (SSSR count). The molecule has 2 N–H and O–H groups in total. The second kappa shape index (κ2) is 7.52. The number of methoxy groups -OCH3 is 1. The lowest BCUT2D eigenvalue weighted by Gasteiger charge is -2.26. The van der Waals surface area contributed by atoms with E-state index < -0.39 is 18.0 Å². The molecule has 2 amide bonds. The predicted octanol–water partition coefficient (Wildman–Crippen LogP) is 1.74. The molecule has 1 unspecified atom stereocenters. The molecule has 6 heteroatoms. The minimum Gasteiger partial charge on any atom is -0.496 e. The molecule has 6 nitrogen and oxygen atoms in total. The summed E-state index contributed by atoms with van der Waals surface area (Å²) in [4.78, 5) is 24.2. The van der Waals surface area contributed by atoms with Gasteiger partial charge in [0, 0.05) is 13.1 Å². The number of rotatable bonds is 6. The Bertz CT molecular complexity index is 504. The third-order valence-corrected chi connectivity index (χ3v) is 3.40. The summed E-state index contributed by atoms with van der Waals surface area (Å²) in [6.07, 6.45) is 0.620. The van der Waals surface area contributed by atoms with Crippen LogP contribution in [0.5, 0.6) is 5.75 Å². The van der Waals surface area contributed by atoms with Gasteiger partial charge in [0.15, 0.2) is 0 Å². The number of carbonyl (C=O) groups is 2. The van der Waals surface area contributed by atoms with Crippen LogP contribution in [-0.4, -0.2) is 48.2 Å². The number of likely N-dealkylation sites (N-methyl/N-ethyl adjacent to an activating group) is 1. The van der Waals surface area contributed by atoms with Crippen LogP contribution in [0.4, 0.5) is 4.79 Å². The molecule has 0 aromatic heterocycles. The van der Waals surface area contributed by atoms with Gasteiger partial charge in [-0.25, -0.2) is 4.79 Å². The van der Waals surface area contributed by atoms with Crippen molar-refractivity contribution < 1.29 is 19.4 Å². The van der Waals surface area contributed by atoms with E-state index in [-0.39, 0.29) is 6.04 Å². The highest BCUT2D eigenvalue weighted by atomic mass is 16.5. The summed E-state index contributed by atoms with van der Waals surface area (Å²) in [6.45, 7) is 3.33. The van der Waals surface area contributed by atoms with Crippen LogP contribution >= 0.6 is 0 Å². The first-order valence-corrected chi connectivity index (χ1v) is 6.74. The van der Waals surface area contributed by atoms with Crippen molar-refractivity contribution >= 4 is 12.0 Å². The Hall–Kier alpha value is -2.24. The third kappa shape index (κ3) is 4.66. The Morgan fingerprint density at radius 1 is 1.33 bits per heavy atom. The van der Waals surface area contributed by atoms with E-state index in [1.54, 1.807) is 14.2 Å². The average molecular weight is 294 g/mol. The summed E-state index contributed by atoms with van der Waals surface area (Å²) >= 11 is 0. The number of hydrogen-bond acceptors (Lipinski definition) is 3. The molecule has 0 saturated heterocycles. The van der Waals surface area contributed by atoms with Gasteiger partial charge in [-0.05, 0) is 31.9 Å². The number of ether oxygens (including phenoxy) is 1. The van der Waals surface area contributed by atoms with E-state index in [0.717, 1.165) is 11.3 Å². The molecule has 1 aromatic carbocycles. The quantitative estimate of drug-likeness (QED) is 0.837. The van der Waals surface area contributed by atoms with Crippen molar-refractivity contribution in [1.29, 1.82) is 0 Å². The molecular weight excluding hydrogens is 272 g/mol. The van der Waals surface area contributed by atoms with Crippen molar-refractivity contribution in [3.8, 4) is 5.75 Å². The Labute approximate surface area is 124 Å². The van der Waals surface area contributed by atoms with Gasteiger partial charge in [0.25, 0.3) is 0 Å². The molecule has 116 valence electrons. The minimum atomic E-state index is -1.06. The van der Waals surface area contributed by atoms with Gasteiger partial charge < -0.3 is 20.1 Å². The Morgan fingerprint density at radius 2 is 1.95 bits per heavy atom. The molecule has 0 aliphatic rings. The van der Waals surface area contributed by atoms with Crippen LogP contribution in [0.15, 0.2) is 24.3 Å². The summed E-state index contributed by atoms with van der Waals surface area (Å²) in [5, 5.41) is 11.2. The standard InChI is InChI=1S/C15H22N2O4/c1-10(9-12-7-5-6-8-13(12)21-4)17(3)15(20)16-11(2)14(18)19/h5-8,10-11H,9H2,1-4H3,(H,16,20)(H,18,19)/t10?,11-/m1/s1. The largest absolute Gasteiger partial charge is 0.496 e. The number of nitrogens with zero attached hydrogens (tertiary/aromatic N) is 1. The summed E-state index contributed by atoms with van der Waals surface area (Å²) < 4.78 is 5.29. The highest BCUT2D eigenvalue weighted by Gasteiger charge is 2.21. The first-order chi connectivity index (χ1) is 9.86. The zero-order chi connectivity index (χ0) is 16.0. The van der Waals surface area contributed by atoms with Gasteiger partial charge in [-0.15, -0.1) is 0 Å². The van der Waals surface area contributed by atoms with Crippen molar-refractivity contribution in [2.75, 3.05) is 14.2 Å². The van der Waals surface area contributed by atoms with Gasteiger partial charge in [-0.3, -0.25) is 4.79 Å². The molecule has 0 heterocycles. The van der Waals surface area contributed by atoms with Gasteiger partial charge in [0.05, 0.1) is 7.11 Å². The second-order valence-electron chi connectivity index (χ2n) is 4.99. The number of carboxylic acid groups (broad SMARTS) is 1. The normalized spacial score (nSPS) is 13.1. The van der Waals surface area contributed by atoms with Crippen molar-refractivity contribution in [1.82, 2.24) is 10.2 Å². The van der Waals surface area contributed by atoms with Gasteiger partial charge in [-0.1, -0.05) is 18.2 Å². The molecule has 21 heavy (non-hydrogen) atoms. The van der Waals surface area contributed by atoms with Gasteiger partial charge in [0.2, 0.25) is 0 Å². The maximum absolute atomic E-state index is 12.0. The van der Waals surface area contributed by atoms with Crippen LogP contribution in [0.1, 0.15) is 19.4 Å². The van der Waals surface area contributed by atoms with Gasteiger partial charge in [0.1, 0.15) is 11.8 Å². The number of aliphatic carboxylic acids is 1. The van der Waals surface area contributed by atoms with Gasteiger partial charge >= 0.3 is 12.0 Å².